The summed E-state index contributed by atoms with van der Waals surface area (Å²) >= 11 is 0. The number of nitrogens with one attached hydrogen (secondary N) is 1. The minimum atomic E-state index is -0.725. The molecule has 1 atom stereocenters. The fourth-order valence-electron chi connectivity index (χ4n) is 4.27. The van der Waals surface area contributed by atoms with Gasteiger partial charge in [0.05, 0.1) is 23.2 Å². The van der Waals surface area contributed by atoms with Crippen LogP contribution < -0.4 is 10.1 Å². The highest BCUT2D eigenvalue weighted by Crippen LogP contribution is 2.43. The molecule has 0 radical (unpaired) electrons. The third-order valence-electron chi connectivity index (χ3n) is 5.64. The Kier molecular flexibility index (Phi) is 4.50. The van der Waals surface area contributed by atoms with Crippen LogP contribution in [0.5, 0.6) is 5.75 Å². The molecule has 1 aromatic heterocycles. The topological polar surface area (TPSA) is 112 Å². The van der Waals surface area contributed by atoms with Gasteiger partial charge in [-0.15, -0.1) is 5.10 Å². The van der Waals surface area contributed by atoms with Crippen molar-refractivity contribution in [3.63, 3.8) is 0 Å². The van der Waals surface area contributed by atoms with Crippen LogP contribution in [0.1, 0.15) is 30.9 Å². The second-order valence-corrected chi connectivity index (χ2v) is 7.42. The minimum Gasteiger partial charge on any atom is -0.496 e. The summed E-state index contributed by atoms with van der Waals surface area (Å²) in [5.41, 5.74) is 2.32. The number of hydrogen-bond donors (Lipinski definition) is 1. The summed E-state index contributed by atoms with van der Waals surface area (Å²) in [4.78, 5) is 28.9. The van der Waals surface area contributed by atoms with E-state index in [1.807, 2.05) is 24.3 Å². The molecule has 31 heavy (non-hydrogen) atoms. The third-order valence-corrected chi connectivity index (χ3v) is 5.64. The number of hydrogen-bond acceptors (Lipinski definition) is 7. The number of anilines is 1. The van der Waals surface area contributed by atoms with Crippen molar-refractivity contribution in [2.24, 2.45) is 0 Å². The lowest BCUT2D eigenvalue weighted by molar-refractivity contribution is -0.385. The van der Waals surface area contributed by atoms with Crippen molar-refractivity contribution in [3.8, 4) is 17.1 Å². The van der Waals surface area contributed by atoms with Crippen LogP contribution in [0.15, 0.2) is 59.8 Å². The lowest BCUT2D eigenvalue weighted by Gasteiger charge is -2.31. The quantitative estimate of drug-likeness (QED) is 0.506. The summed E-state index contributed by atoms with van der Waals surface area (Å²) in [7, 11) is 1.57. The van der Waals surface area contributed by atoms with Crippen LogP contribution in [0.2, 0.25) is 0 Å². The first-order valence-corrected chi connectivity index (χ1v) is 9.95. The Morgan fingerprint density at radius 2 is 1.94 bits per heavy atom. The van der Waals surface area contributed by atoms with E-state index < -0.39 is 11.0 Å². The third kappa shape index (κ3) is 3.05. The summed E-state index contributed by atoms with van der Waals surface area (Å²) in [5, 5.41) is 19.7. The molecule has 2 aliphatic rings. The molecule has 1 aliphatic heterocycles. The molecular formula is C22H19N5O4. The number of para-hydroxylation sites is 2. The van der Waals surface area contributed by atoms with Gasteiger partial charge in [0.2, 0.25) is 5.95 Å². The van der Waals surface area contributed by atoms with Gasteiger partial charge in [-0.2, -0.15) is 4.98 Å². The normalized spacial score (nSPS) is 17.6. The molecular weight excluding hydrogens is 398 g/mol. The van der Waals surface area contributed by atoms with Crippen molar-refractivity contribution >= 4 is 17.4 Å². The molecule has 9 heteroatoms. The summed E-state index contributed by atoms with van der Waals surface area (Å²) in [5.74, 6) is 1.44. The number of benzene rings is 2. The van der Waals surface area contributed by atoms with E-state index in [4.69, 9.17) is 4.74 Å². The minimum absolute atomic E-state index is 0.0307. The number of fused-ring (bicyclic) bond motifs is 1. The predicted molar refractivity (Wildman–Crippen MR) is 113 cm³/mol. The van der Waals surface area contributed by atoms with Gasteiger partial charge in [-0.3, -0.25) is 14.9 Å². The molecule has 0 amide bonds. The molecule has 1 unspecified atom stereocenters. The van der Waals surface area contributed by atoms with E-state index in [9.17, 15) is 14.9 Å². The van der Waals surface area contributed by atoms with Crippen LogP contribution in [0, 0.1) is 10.1 Å². The Labute approximate surface area is 177 Å². The Hall–Kier alpha value is -4.01. The van der Waals surface area contributed by atoms with E-state index >= 15 is 0 Å². The van der Waals surface area contributed by atoms with Crippen LogP contribution in [0.4, 0.5) is 11.6 Å². The van der Waals surface area contributed by atoms with Crippen molar-refractivity contribution in [2.45, 2.75) is 25.3 Å². The van der Waals surface area contributed by atoms with E-state index in [1.54, 1.807) is 30.0 Å². The van der Waals surface area contributed by atoms with Gasteiger partial charge in [-0.05, 0) is 31.0 Å². The zero-order chi connectivity index (χ0) is 21.5. The Balaban J connectivity index is 1.73. The van der Waals surface area contributed by atoms with E-state index in [0.29, 0.717) is 47.1 Å². The number of methoxy groups -OCH3 is 1. The second-order valence-electron chi connectivity index (χ2n) is 7.42. The molecule has 1 N–H and O–H groups in total. The highest BCUT2D eigenvalue weighted by molar-refractivity contribution is 5.99. The van der Waals surface area contributed by atoms with Gasteiger partial charge < -0.3 is 10.1 Å². The molecule has 0 fully saturated rings. The summed E-state index contributed by atoms with van der Waals surface area (Å²) in [6.45, 7) is 0. The monoisotopic (exact) mass is 417 g/mol. The highest BCUT2D eigenvalue weighted by atomic mass is 16.6. The van der Waals surface area contributed by atoms with Crippen LogP contribution in [0.3, 0.4) is 0 Å². The smallest absolute Gasteiger partial charge is 0.275 e. The van der Waals surface area contributed by atoms with Crippen molar-refractivity contribution < 1.29 is 14.5 Å². The molecule has 0 spiro atoms. The van der Waals surface area contributed by atoms with Gasteiger partial charge in [0, 0.05) is 23.8 Å². The Morgan fingerprint density at radius 1 is 1.16 bits per heavy atom. The largest absolute Gasteiger partial charge is 0.496 e. The molecule has 2 heterocycles. The molecule has 0 saturated heterocycles. The van der Waals surface area contributed by atoms with Crippen molar-refractivity contribution in [2.75, 3.05) is 12.4 Å². The standard InChI is InChI=1S/C22H19N5O4/c1-31-18-12-5-3-8-14(18)21-24-22-23-15-9-6-11-17(28)19(15)20(26(22)25-21)13-7-2-4-10-16(13)27(29)30/h2-5,7-8,10,12,20H,6,9,11H2,1H3,(H,23,24,25). The molecule has 0 saturated carbocycles. The molecule has 0 bridgehead atoms. The maximum absolute atomic E-state index is 12.9. The summed E-state index contributed by atoms with van der Waals surface area (Å²) in [6, 6.07) is 13.1. The number of nitro benzene ring substituents is 1. The number of carbonyl (C=O) groups excluding carboxylic acids is 1. The lowest BCUT2D eigenvalue weighted by Crippen LogP contribution is -2.31. The number of ether oxygens (including phenoxy) is 1. The van der Waals surface area contributed by atoms with Crippen molar-refractivity contribution in [1.82, 2.24) is 14.8 Å². The van der Waals surface area contributed by atoms with Crippen LogP contribution in [-0.4, -0.2) is 32.6 Å². The predicted octanol–water partition coefficient (Wildman–Crippen LogP) is 3.88. The first-order chi connectivity index (χ1) is 15.1. The Bertz CT molecular complexity index is 1250. The molecule has 156 valence electrons. The SMILES string of the molecule is COc1ccccc1-c1nc2n(n1)C(c1ccccc1[N+](=O)[O-])C1=C(CCCC1=O)N2. The maximum Gasteiger partial charge on any atom is 0.275 e. The van der Waals surface area contributed by atoms with E-state index in [0.717, 1.165) is 12.1 Å². The number of allylic oxidation sites excluding steroid dienone is 2. The first kappa shape index (κ1) is 19.0. The van der Waals surface area contributed by atoms with Crippen LogP contribution in [-0.2, 0) is 4.79 Å². The van der Waals surface area contributed by atoms with Crippen LogP contribution >= 0.6 is 0 Å². The molecule has 2 aromatic carbocycles. The Morgan fingerprint density at radius 3 is 2.74 bits per heavy atom. The molecule has 1 aliphatic carbocycles. The average Bonchev–Trinajstić information content (AvgIpc) is 3.21. The zero-order valence-electron chi connectivity index (χ0n) is 16.7. The van der Waals surface area contributed by atoms with Crippen molar-refractivity contribution in [3.05, 3.63) is 75.5 Å². The average molecular weight is 417 g/mol. The number of rotatable bonds is 4. The van der Waals surface area contributed by atoms with Crippen LogP contribution in [0.25, 0.3) is 11.4 Å². The second kappa shape index (κ2) is 7.35. The zero-order valence-corrected chi connectivity index (χ0v) is 16.7. The number of carbonyl (C=O) groups is 1. The van der Waals surface area contributed by atoms with E-state index in [-0.39, 0.29) is 11.5 Å². The summed E-state index contributed by atoms with van der Waals surface area (Å²) < 4.78 is 7.02. The highest BCUT2D eigenvalue weighted by Gasteiger charge is 2.39. The maximum atomic E-state index is 12.9. The van der Waals surface area contributed by atoms with Gasteiger partial charge in [-0.25, -0.2) is 4.68 Å². The summed E-state index contributed by atoms with van der Waals surface area (Å²) in [6.07, 6.45) is 1.80. The number of ketones is 1. The van der Waals surface area contributed by atoms with Gasteiger partial charge in [0.25, 0.3) is 5.69 Å². The number of nitrogens with zero attached hydrogens (tertiary/aromatic N) is 4. The van der Waals surface area contributed by atoms with E-state index in [2.05, 4.69) is 15.4 Å². The van der Waals surface area contributed by atoms with E-state index in [1.165, 1.54) is 6.07 Å². The van der Waals surface area contributed by atoms with Gasteiger partial charge >= 0.3 is 0 Å². The lowest BCUT2D eigenvalue weighted by atomic mass is 9.85. The molecule has 9 nitrogen and oxygen atoms in total. The fraction of sp³-hybridized carbons (Fsp3) is 0.227. The van der Waals surface area contributed by atoms with Gasteiger partial charge in [0.15, 0.2) is 11.6 Å². The first-order valence-electron chi connectivity index (χ1n) is 9.95. The molecule has 3 aromatic rings. The van der Waals surface area contributed by atoms with Gasteiger partial charge in [0.1, 0.15) is 11.8 Å². The fourth-order valence-corrected chi connectivity index (χ4v) is 4.27. The molecule has 5 rings (SSSR count). The number of nitro groups is 1. The van der Waals surface area contributed by atoms with Crippen molar-refractivity contribution in [1.29, 1.82) is 0 Å². The number of Topliss-reactive ketones (excluding diaryl/α,β-unsaturated/α-hetero) is 1. The number of aromatic nitrogens is 3. The van der Waals surface area contributed by atoms with Gasteiger partial charge in [-0.1, -0.05) is 24.3 Å².